The number of hydrogen-bond acceptors (Lipinski definition) is 5. The number of aromatic nitrogens is 1. The fourth-order valence-corrected chi connectivity index (χ4v) is 4.76. The van der Waals surface area contributed by atoms with Crippen LogP contribution in [-0.2, 0) is 21.1 Å². The average molecular weight is 383 g/mol. The number of sulfone groups is 1. The standard InChI is InChI=1S/C17H19ClN2O4S/c18-14-3-1-13(2-4-14)15-10-20-17(24-15)6-5-16(21)19-9-12-7-8-25(22,23)11-12/h1-4,10,12H,5-9,11H2,(H,19,21). The average Bonchev–Trinajstić information content (AvgIpc) is 3.18. The Morgan fingerprint density at radius 1 is 1.32 bits per heavy atom. The third-order valence-corrected chi connectivity index (χ3v) is 6.25. The predicted octanol–water partition coefficient (Wildman–Crippen LogP) is 2.48. The summed E-state index contributed by atoms with van der Waals surface area (Å²) >= 11 is 5.86. The molecule has 1 aromatic carbocycles. The van der Waals surface area contributed by atoms with Crippen molar-refractivity contribution in [1.82, 2.24) is 10.3 Å². The molecule has 1 amide bonds. The van der Waals surface area contributed by atoms with E-state index in [1.165, 1.54) is 0 Å². The van der Waals surface area contributed by atoms with E-state index in [9.17, 15) is 13.2 Å². The maximum Gasteiger partial charge on any atom is 0.220 e. The Bertz CT molecular complexity index is 846. The Hall–Kier alpha value is -1.86. The lowest BCUT2D eigenvalue weighted by Crippen LogP contribution is -2.29. The molecule has 0 radical (unpaired) electrons. The van der Waals surface area contributed by atoms with Crippen LogP contribution < -0.4 is 5.32 Å². The summed E-state index contributed by atoms with van der Waals surface area (Å²) in [7, 11) is -2.91. The molecule has 8 heteroatoms. The first-order chi connectivity index (χ1) is 11.9. The summed E-state index contributed by atoms with van der Waals surface area (Å²) in [5.41, 5.74) is 0.870. The van der Waals surface area contributed by atoms with Crippen LogP contribution in [0.5, 0.6) is 0 Å². The summed E-state index contributed by atoms with van der Waals surface area (Å²) in [5.74, 6) is 1.39. The summed E-state index contributed by atoms with van der Waals surface area (Å²) in [6.07, 6.45) is 2.88. The molecule has 1 aromatic heterocycles. The van der Waals surface area contributed by atoms with Crippen LogP contribution in [0.15, 0.2) is 34.9 Å². The summed E-state index contributed by atoms with van der Waals surface area (Å²) < 4.78 is 28.4. The summed E-state index contributed by atoms with van der Waals surface area (Å²) in [5, 5.41) is 3.44. The van der Waals surface area contributed by atoms with E-state index in [1.54, 1.807) is 18.3 Å². The van der Waals surface area contributed by atoms with Gasteiger partial charge >= 0.3 is 0 Å². The van der Waals surface area contributed by atoms with Gasteiger partial charge in [-0.1, -0.05) is 11.6 Å². The van der Waals surface area contributed by atoms with Crippen molar-refractivity contribution < 1.29 is 17.6 Å². The first-order valence-electron chi connectivity index (χ1n) is 8.09. The van der Waals surface area contributed by atoms with Crippen LogP contribution >= 0.6 is 11.6 Å². The van der Waals surface area contributed by atoms with Crippen molar-refractivity contribution in [3.8, 4) is 11.3 Å². The molecule has 3 rings (SSSR count). The number of nitrogens with zero attached hydrogens (tertiary/aromatic N) is 1. The summed E-state index contributed by atoms with van der Waals surface area (Å²) in [6.45, 7) is 0.402. The number of carbonyl (C=O) groups excluding carboxylic acids is 1. The normalized spacial score (nSPS) is 19.0. The maximum absolute atomic E-state index is 11.9. The van der Waals surface area contributed by atoms with Crippen molar-refractivity contribution >= 4 is 27.3 Å². The molecule has 0 bridgehead atoms. The monoisotopic (exact) mass is 382 g/mol. The van der Waals surface area contributed by atoms with E-state index in [0.29, 0.717) is 36.1 Å². The Morgan fingerprint density at radius 2 is 2.08 bits per heavy atom. The number of benzene rings is 1. The van der Waals surface area contributed by atoms with Crippen molar-refractivity contribution in [1.29, 1.82) is 0 Å². The molecule has 1 unspecified atom stereocenters. The Labute approximate surface area is 151 Å². The van der Waals surface area contributed by atoms with Gasteiger partial charge in [0.15, 0.2) is 21.5 Å². The molecule has 1 aliphatic heterocycles. The third-order valence-electron chi connectivity index (χ3n) is 4.16. The number of rotatable bonds is 6. The molecule has 0 spiro atoms. The second-order valence-corrected chi connectivity index (χ2v) is 8.86. The van der Waals surface area contributed by atoms with Gasteiger partial charge in [-0.15, -0.1) is 0 Å². The molecule has 0 aliphatic carbocycles. The number of oxazole rings is 1. The number of carbonyl (C=O) groups is 1. The Balaban J connectivity index is 1.45. The van der Waals surface area contributed by atoms with Gasteiger partial charge in [0.25, 0.3) is 0 Å². The van der Waals surface area contributed by atoms with Crippen LogP contribution in [0.25, 0.3) is 11.3 Å². The minimum atomic E-state index is -2.91. The lowest BCUT2D eigenvalue weighted by atomic mass is 10.1. The Kier molecular flexibility index (Phi) is 5.44. The highest BCUT2D eigenvalue weighted by Gasteiger charge is 2.27. The largest absolute Gasteiger partial charge is 0.441 e. The molecule has 2 aromatic rings. The first kappa shape index (κ1) is 17.9. The fourth-order valence-electron chi connectivity index (χ4n) is 2.77. The molecule has 0 saturated carbocycles. The minimum Gasteiger partial charge on any atom is -0.441 e. The zero-order chi connectivity index (χ0) is 17.9. The summed E-state index contributed by atoms with van der Waals surface area (Å²) in [6, 6.07) is 7.23. The van der Waals surface area contributed by atoms with Gasteiger partial charge in [0.2, 0.25) is 5.91 Å². The van der Waals surface area contributed by atoms with Crippen LogP contribution in [0.4, 0.5) is 0 Å². The minimum absolute atomic E-state index is 0.0206. The zero-order valence-corrected chi connectivity index (χ0v) is 15.1. The lowest BCUT2D eigenvalue weighted by Gasteiger charge is -2.08. The van der Waals surface area contributed by atoms with Crippen LogP contribution in [0.3, 0.4) is 0 Å². The highest BCUT2D eigenvalue weighted by molar-refractivity contribution is 7.91. The van der Waals surface area contributed by atoms with Gasteiger partial charge in [0, 0.05) is 30.0 Å². The van der Waals surface area contributed by atoms with E-state index in [0.717, 1.165) is 5.56 Å². The van der Waals surface area contributed by atoms with Gasteiger partial charge in [-0.2, -0.15) is 0 Å². The Morgan fingerprint density at radius 3 is 2.76 bits per heavy atom. The summed E-state index contributed by atoms with van der Waals surface area (Å²) in [4.78, 5) is 16.1. The molecule has 134 valence electrons. The van der Waals surface area contributed by atoms with Crippen LogP contribution in [0.2, 0.25) is 5.02 Å². The van der Waals surface area contributed by atoms with Gasteiger partial charge in [0.1, 0.15) is 0 Å². The van der Waals surface area contributed by atoms with Crippen molar-refractivity contribution in [2.24, 2.45) is 5.92 Å². The SMILES string of the molecule is O=C(CCc1ncc(-c2ccc(Cl)cc2)o1)NCC1CCS(=O)(=O)C1. The van der Waals surface area contributed by atoms with E-state index in [1.807, 2.05) is 12.1 Å². The van der Waals surface area contributed by atoms with E-state index in [-0.39, 0.29) is 29.8 Å². The number of hydrogen-bond donors (Lipinski definition) is 1. The molecule has 1 atom stereocenters. The van der Waals surface area contributed by atoms with Crippen molar-refractivity contribution in [3.63, 3.8) is 0 Å². The molecular formula is C17H19ClN2O4S. The quantitative estimate of drug-likeness (QED) is 0.828. The molecule has 1 fully saturated rings. The zero-order valence-electron chi connectivity index (χ0n) is 13.6. The molecular weight excluding hydrogens is 364 g/mol. The molecule has 1 aliphatic rings. The smallest absolute Gasteiger partial charge is 0.220 e. The fraction of sp³-hybridized carbons (Fsp3) is 0.412. The highest BCUT2D eigenvalue weighted by Crippen LogP contribution is 2.22. The van der Waals surface area contributed by atoms with Crippen LogP contribution in [0, 0.1) is 5.92 Å². The predicted molar refractivity (Wildman–Crippen MR) is 95.0 cm³/mol. The van der Waals surface area contributed by atoms with Crippen molar-refractivity contribution in [2.75, 3.05) is 18.1 Å². The second-order valence-electron chi connectivity index (χ2n) is 6.20. The highest BCUT2D eigenvalue weighted by atomic mass is 35.5. The number of halogens is 1. The van der Waals surface area contributed by atoms with E-state index in [2.05, 4.69) is 10.3 Å². The van der Waals surface area contributed by atoms with Crippen molar-refractivity contribution in [2.45, 2.75) is 19.3 Å². The number of amides is 1. The van der Waals surface area contributed by atoms with E-state index >= 15 is 0 Å². The van der Waals surface area contributed by atoms with E-state index < -0.39 is 9.84 Å². The van der Waals surface area contributed by atoms with Gasteiger partial charge in [-0.25, -0.2) is 13.4 Å². The molecule has 25 heavy (non-hydrogen) atoms. The molecule has 6 nitrogen and oxygen atoms in total. The van der Waals surface area contributed by atoms with Crippen molar-refractivity contribution in [3.05, 3.63) is 41.4 Å². The van der Waals surface area contributed by atoms with E-state index in [4.69, 9.17) is 16.0 Å². The third kappa shape index (κ3) is 5.06. The van der Waals surface area contributed by atoms with Gasteiger partial charge < -0.3 is 9.73 Å². The topological polar surface area (TPSA) is 89.3 Å². The first-order valence-corrected chi connectivity index (χ1v) is 10.3. The second kappa shape index (κ2) is 7.58. The van der Waals surface area contributed by atoms with Gasteiger partial charge in [0.05, 0.1) is 17.7 Å². The lowest BCUT2D eigenvalue weighted by molar-refractivity contribution is -0.121. The molecule has 2 heterocycles. The van der Waals surface area contributed by atoms with Gasteiger partial charge in [-0.05, 0) is 36.6 Å². The van der Waals surface area contributed by atoms with Crippen LogP contribution in [-0.4, -0.2) is 37.4 Å². The van der Waals surface area contributed by atoms with Crippen LogP contribution in [0.1, 0.15) is 18.7 Å². The number of nitrogens with one attached hydrogen (secondary N) is 1. The molecule has 1 saturated heterocycles. The maximum atomic E-state index is 11.9. The number of aryl methyl sites for hydroxylation is 1. The van der Waals surface area contributed by atoms with Gasteiger partial charge in [-0.3, -0.25) is 4.79 Å². The molecule has 1 N–H and O–H groups in total.